The number of carbonyl (C=O) groups excluding carboxylic acids is 4. The number of urea groups is 1. The SMILES string of the molecule is C[C@@]1(C2CC2)NC(=O)N(CC(=O)OCC(=O)Nc2ccccc2C#N)C1=O. The molecule has 0 radical (unpaired) electrons. The third-order valence-corrected chi connectivity index (χ3v) is 4.67. The van der Waals surface area contributed by atoms with Crippen LogP contribution in [0.4, 0.5) is 10.5 Å². The second-order valence-corrected chi connectivity index (χ2v) is 6.66. The molecule has 1 saturated heterocycles. The first-order valence-corrected chi connectivity index (χ1v) is 8.44. The van der Waals surface area contributed by atoms with Crippen LogP contribution < -0.4 is 10.6 Å². The van der Waals surface area contributed by atoms with Gasteiger partial charge in [-0.15, -0.1) is 0 Å². The number of imide groups is 1. The summed E-state index contributed by atoms with van der Waals surface area (Å²) in [5, 5.41) is 14.1. The van der Waals surface area contributed by atoms with Gasteiger partial charge >= 0.3 is 12.0 Å². The van der Waals surface area contributed by atoms with Crippen LogP contribution in [0.1, 0.15) is 25.3 Å². The zero-order valence-corrected chi connectivity index (χ0v) is 14.7. The second-order valence-electron chi connectivity index (χ2n) is 6.66. The van der Waals surface area contributed by atoms with Gasteiger partial charge < -0.3 is 15.4 Å². The number of rotatable bonds is 6. The van der Waals surface area contributed by atoms with Crippen molar-refractivity contribution in [2.24, 2.45) is 5.92 Å². The molecule has 0 bridgehead atoms. The van der Waals surface area contributed by atoms with E-state index in [4.69, 9.17) is 10.00 Å². The van der Waals surface area contributed by atoms with E-state index >= 15 is 0 Å². The van der Waals surface area contributed by atoms with Crippen LogP contribution in [0.3, 0.4) is 0 Å². The van der Waals surface area contributed by atoms with Crippen molar-refractivity contribution in [3.8, 4) is 6.07 Å². The highest BCUT2D eigenvalue weighted by atomic mass is 16.5. The Balaban J connectivity index is 1.51. The topological polar surface area (TPSA) is 129 Å². The highest BCUT2D eigenvalue weighted by Crippen LogP contribution is 2.42. The number of nitrogens with one attached hydrogen (secondary N) is 2. The minimum Gasteiger partial charge on any atom is -0.454 e. The summed E-state index contributed by atoms with van der Waals surface area (Å²) < 4.78 is 4.84. The van der Waals surface area contributed by atoms with Gasteiger partial charge in [0.2, 0.25) is 0 Å². The highest BCUT2D eigenvalue weighted by Gasteiger charge is 2.56. The van der Waals surface area contributed by atoms with Gasteiger partial charge in [-0.25, -0.2) is 4.79 Å². The minimum atomic E-state index is -0.976. The number of nitrogens with zero attached hydrogens (tertiary/aromatic N) is 2. The van der Waals surface area contributed by atoms with Crippen LogP contribution in [0.5, 0.6) is 0 Å². The van der Waals surface area contributed by atoms with Crippen molar-refractivity contribution in [3.05, 3.63) is 29.8 Å². The van der Waals surface area contributed by atoms with Gasteiger partial charge in [0, 0.05) is 0 Å². The van der Waals surface area contributed by atoms with Crippen molar-refractivity contribution >= 4 is 29.5 Å². The van der Waals surface area contributed by atoms with Crippen LogP contribution in [-0.2, 0) is 19.1 Å². The summed E-state index contributed by atoms with van der Waals surface area (Å²) in [7, 11) is 0. The fraction of sp³-hybridized carbons (Fsp3) is 0.389. The summed E-state index contributed by atoms with van der Waals surface area (Å²) in [5.74, 6) is -1.88. The van der Waals surface area contributed by atoms with E-state index in [0.717, 1.165) is 17.7 Å². The third-order valence-electron chi connectivity index (χ3n) is 4.67. The summed E-state index contributed by atoms with van der Waals surface area (Å²) >= 11 is 0. The fourth-order valence-corrected chi connectivity index (χ4v) is 2.99. The van der Waals surface area contributed by atoms with Crippen LogP contribution in [-0.4, -0.2) is 47.4 Å². The zero-order valence-electron chi connectivity index (χ0n) is 14.7. The molecular weight excluding hydrogens is 352 g/mol. The first-order valence-electron chi connectivity index (χ1n) is 8.44. The Morgan fingerprint density at radius 2 is 2.07 bits per heavy atom. The van der Waals surface area contributed by atoms with E-state index in [9.17, 15) is 19.2 Å². The molecule has 1 aliphatic heterocycles. The molecule has 9 nitrogen and oxygen atoms in total. The van der Waals surface area contributed by atoms with Crippen LogP contribution in [0, 0.1) is 17.2 Å². The number of benzene rings is 1. The van der Waals surface area contributed by atoms with Crippen molar-refractivity contribution in [1.82, 2.24) is 10.2 Å². The molecule has 140 valence electrons. The Kier molecular flexibility index (Phi) is 4.81. The molecule has 2 N–H and O–H groups in total. The first-order chi connectivity index (χ1) is 12.8. The van der Waals surface area contributed by atoms with Crippen molar-refractivity contribution in [3.63, 3.8) is 0 Å². The van der Waals surface area contributed by atoms with E-state index in [1.165, 1.54) is 6.07 Å². The van der Waals surface area contributed by atoms with E-state index in [2.05, 4.69) is 10.6 Å². The van der Waals surface area contributed by atoms with Crippen LogP contribution in [0.15, 0.2) is 24.3 Å². The predicted octanol–water partition coefficient (Wildman–Crippen LogP) is 0.760. The van der Waals surface area contributed by atoms with Gasteiger partial charge in [-0.2, -0.15) is 5.26 Å². The average Bonchev–Trinajstić information content (AvgIpc) is 3.47. The molecule has 27 heavy (non-hydrogen) atoms. The maximum absolute atomic E-state index is 12.4. The Labute approximate surface area is 155 Å². The minimum absolute atomic E-state index is 0.0842. The van der Waals surface area contributed by atoms with Crippen molar-refractivity contribution in [2.45, 2.75) is 25.3 Å². The molecule has 1 aromatic carbocycles. The summed E-state index contributed by atoms with van der Waals surface area (Å²) in [4.78, 5) is 49.1. The van der Waals surface area contributed by atoms with Gasteiger partial charge in [-0.1, -0.05) is 12.1 Å². The zero-order chi connectivity index (χ0) is 19.6. The Bertz CT molecular complexity index is 858. The van der Waals surface area contributed by atoms with Crippen LogP contribution in [0.2, 0.25) is 0 Å². The maximum atomic E-state index is 12.4. The molecule has 1 saturated carbocycles. The molecule has 0 spiro atoms. The van der Waals surface area contributed by atoms with E-state index in [1.54, 1.807) is 25.1 Å². The number of ether oxygens (including phenoxy) is 1. The van der Waals surface area contributed by atoms with E-state index < -0.39 is 42.5 Å². The summed E-state index contributed by atoms with van der Waals surface area (Å²) in [5.41, 5.74) is -0.401. The molecule has 2 fully saturated rings. The van der Waals surface area contributed by atoms with Gasteiger partial charge in [0.15, 0.2) is 6.61 Å². The normalized spacial score (nSPS) is 21.4. The highest BCUT2D eigenvalue weighted by molar-refractivity contribution is 6.09. The number of para-hydroxylation sites is 1. The van der Waals surface area contributed by atoms with Crippen LogP contribution in [0.25, 0.3) is 0 Å². The Morgan fingerprint density at radius 1 is 1.37 bits per heavy atom. The molecule has 0 unspecified atom stereocenters. The quantitative estimate of drug-likeness (QED) is 0.562. The summed E-state index contributed by atoms with van der Waals surface area (Å²) in [6.07, 6.45) is 1.70. The standard InChI is InChI=1S/C18H18N4O5/c1-18(12-6-7-12)16(25)22(17(26)21-18)9-15(24)27-10-14(23)20-13-5-3-2-4-11(13)8-19/h2-5,12H,6-7,9-10H2,1H3,(H,20,23)(H,21,26)/t18-/m0/s1. The Morgan fingerprint density at radius 3 is 2.74 bits per heavy atom. The van der Waals surface area contributed by atoms with Crippen molar-refractivity contribution < 1.29 is 23.9 Å². The predicted molar refractivity (Wildman–Crippen MR) is 92.1 cm³/mol. The average molecular weight is 370 g/mol. The molecule has 9 heteroatoms. The number of esters is 1. The van der Waals surface area contributed by atoms with Crippen LogP contribution >= 0.6 is 0 Å². The first kappa shape index (κ1) is 18.4. The van der Waals surface area contributed by atoms with Gasteiger partial charge in [-0.3, -0.25) is 19.3 Å². The van der Waals surface area contributed by atoms with Gasteiger partial charge in [-0.05, 0) is 37.8 Å². The number of carbonyl (C=O) groups is 4. The molecule has 1 aliphatic carbocycles. The molecule has 3 rings (SSSR count). The van der Waals surface area contributed by atoms with Gasteiger partial charge in [0.05, 0.1) is 11.3 Å². The van der Waals surface area contributed by atoms with E-state index in [1.807, 2.05) is 6.07 Å². The lowest BCUT2D eigenvalue weighted by atomic mass is 9.96. The summed E-state index contributed by atoms with van der Waals surface area (Å²) in [6, 6.07) is 7.68. The molecule has 4 amide bonds. The molecule has 0 aromatic heterocycles. The molecule has 2 aliphatic rings. The smallest absolute Gasteiger partial charge is 0.326 e. The van der Waals surface area contributed by atoms with Gasteiger partial charge in [0.1, 0.15) is 18.2 Å². The largest absolute Gasteiger partial charge is 0.454 e. The lowest BCUT2D eigenvalue weighted by Gasteiger charge is -2.20. The number of amides is 4. The second kappa shape index (κ2) is 7.07. The van der Waals surface area contributed by atoms with Gasteiger partial charge in [0.25, 0.3) is 11.8 Å². The number of hydrogen-bond acceptors (Lipinski definition) is 6. The lowest BCUT2D eigenvalue weighted by Crippen LogP contribution is -2.46. The molecule has 1 aromatic rings. The van der Waals surface area contributed by atoms with E-state index in [-0.39, 0.29) is 11.5 Å². The van der Waals surface area contributed by atoms with Crippen molar-refractivity contribution in [1.29, 1.82) is 5.26 Å². The molecule has 1 heterocycles. The monoisotopic (exact) mass is 370 g/mol. The third kappa shape index (κ3) is 3.74. The molecule has 1 atom stereocenters. The summed E-state index contributed by atoms with van der Waals surface area (Å²) in [6.45, 7) is 0.494. The number of nitriles is 1. The lowest BCUT2D eigenvalue weighted by molar-refractivity contribution is -0.150. The van der Waals surface area contributed by atoms with Crippen molar-refractivity contribution in [2.75, 3.05) is 18.5 Å². The Hall–Kier alpha value is -3.41. The number of hydrogen-bond donors (Lipinski definition) is 2. The van der Waals surface area contributed by atoms with E-state index in [0.29, 0.717) is 5.69 Å². The molecular formula is C18H18N4O5. The number of anilines is 1. The fourth-order valence-electron chi connectivity index (χ4n) is 2.99. The maximum Gasteiger partial charge on any atom is 0.326 e.